The second kappa shape index (κ2) is 7.39. The lowest BCUT2D eigenvalue weighted by Gasteiger charge is -2.36. The molecular formula is C19H30N6O. The van der Waals surface area contributed by atoms with Crippen LogP contribution in [0.1, 0.15) is 38.2 Å². The molecule has 7 nitrogen and oxygen atoms in total. The maximum atomic E-state index is 12.9. The van der Waals surface area contributed by atoms with Gasteiger partial charge in [0.1, 0.15) is 18.0 Å². The summed E-state index contributed by atoms with van der Waals surface area (Å²) >= 11 is 0. The van der Waals surface area contributed by atoms with Crippen LogP contribution >= 0.6 is 0 Å². The number of fused-ring (bicyclic) bond motifs is 1. The van der Waals surface area contributed by atoms with Crippen molar-refractivity contribution in [2.45, 2.75) is 45.2 Å². The quantitative estimate of drug-likeness (QED) is 0.858. The molecule has 1 aromatic heterocycles. The summed E-state index contributed by atoms with van der Waals surface area (Å²) in [4.78, 5) is 28.6. The Labute approximate surface area is 155 Å². The molecule has 4 heterocycles. The zero-order chi connectivity index (χ0) is 18.1. The van der Waals surface area contributed by atoms with E-state index >= 15 is 0 Å². The fourth-order valence-electron chi connectivity index (χ4n) is 4.60. The molecule has 0 radical (unpaired) electrons. The molecule has 0 aliphatic carbocycles. The summed E-state index contributed by atoms with van der Waals surface area (Å²) in [5.74, 6) is 2.83. The van der Waals surface area contributed by atoms with Crippen LogP contribution in [-0.2, 0) is 11.3 Å². The molecule has 7 heteroatoms. The van der Waals surface area contributed by atoms with Gasteiger partial charge in [-0.1, -0.05) is 6.92 Å². The van der Waals surface area contributed by atoms with Crippen molar-refractivity contribution >= 4 is 17.5 Å². The minimum Gasteiger partial charge on any atom is -0.356 e. The highest BCUT2D eigenvalue weighted by molar-refractivity contribution is 5.84. The molecule has 3 aliphatic rings. The van der Waals surface area contributed by atoms with Crippen molar-refractivity contribution in [1.29, 1.82) is 0 Å². The first-order valence-corrected chi connectivity index (χ1v) is 9.93. The Morgan fingerprint density at radius 2 is 1.88 bits per heavy atom. The maximum absolute atomic E-state index is 12.9. The largest absolute Gasteiger partial charge is 0.356 e. The number of amides is 1. The molecule has 0 saturated carbocycles. The molecule has 0 spiro atoms. The summed E-state index contributed by atoms with van der Waals surface area (Å²) in [6, 6.07) is 0.316. The van der Waals surface area contributed by atoms with Gasteiger partial charge in [-0.05, 0) is 44.7 Å². The van der Waals surface area contributed by atoms with Crippen LogP contribution in [0.4, 0.5) is 11.6 Å². The molecule has 142 valence electrons. The Morgan fingerprint density at radius 3 is 2.65 bits per heavy atom. The Morgan fingerprint density at radius 1 is 1.12 bits per heavy atom. The number of nitrogens with one attached hydrogen (secondary N) is 1. The van der Waals surface area contributed by atoms with Gasteiger partial charge in [0.15, 0.2) is 0 Å². The van der Waals surface area contributed by atoms with E-state index in [1.807, 2.05) is 11.9 Å². The van der Waals surface area contributed by atoms with Gasteiger partial charge in [-0.15, -0.1) is 0 Å². The van der Waals surface area contributed by atoms with Crippen molar-refractivity contribution in [3.05, 3.63) is 11.9 Å². The fraction of sp³-hybridized carbons (Fsp3) is 0.737. The van der Waals surface area contributed by atoms with Gasteiger partial charge in [0.05, 0.1) is 18.7 Å². The highest BCUT2D eigenvalue weighted by Crippen LogP contribution is 2.33. The van der Waals surface area contributed by atoms with Crippen molar-refractivity contribution in [3.63, 3.8) is 0 Å². The van der Waals surface area contributed by atoms with Crippen LogP contribution < -0.4 is 15.1 Å². The predicted octanol–water partition coefficient (Wildman–Crippen LogP) is 1.24. The van der Waals surface area contributed by atoms with Gasteiger partial charge in [0.2, 0.25) is 5.91 Å². The van der Waals surface area contributed by atoms with Gasteiger partial charge < -0.3 is 20.0 Å². The molecule has 1 unspecified atom stereocenters. The molecule has 0 aromatic carbocycles. The van der Waals surface area contributed by atoms with E-state index in [2.05, 4.69) is 32.0 Å². The maximum Gasteiger partial charge on any atom is 0.242 e. The average Bonchev–Trinajstić information content (AvgIpc) is 2.78. The molecule has 0 bridgehead atoms. The van der Waals surface area contributed by atoms with E-state index in [9.17, 15) is 4.79 Å². The van der Waals surface area contributed by atoms with Gasteiger partial charge in [0, 0.05) is 26.2 Å². The van der Waals surface area contributed by atoms with E-state index in [0.29, 0.717) is 25.0 Å². The lowest BCUT2D eigenvalue weighted by molar-refractivity contribution is -0.133. The van der Waals surface area contributed by atoms with Crippen molar-refractivity contribution < 1.29 is 4.79 Å². The smallest absolute Gasteiger partial charge is 0.242 e. The normalized spacial score (nSPS) is 25.2. The minimum atomic E-state index is 0.204. The van der Waals surface area contributed by atoms with Crippen molar-refractivity contribution in [2.24, 2.45) is 5.92 Å². The number of hydrogen-bond donors (Lipinski definition) is 1. The molecule has 1 N–H and O–H groups in total. The van der Waals surface area contributed by atoms with Crippen molar-refractivity contribution in [2.75, 3.05) is 49.6 Å². The van der Waals surface area contributed by atoms with Crippen LogP contribution in [0.3, 0.4) is 0 Å². The third kappa shape index (κ3) is 3.37. The third-order valence-corrected chi connectivity index (χ3v) is 5.99. The highest BCUT2D eigenvalue weighted by Gasteiger charge is 2.33. The second-order valence-corrected chi connectivity index (χ2v) is 8.05. The average molecular weight is 358 g/mol. The molecule has 1 amide bonds. The Balaban J connectivity index is 1.68. The third-order valence-electron chi connectivity index (χ3n) is 5.99. The Hall–Kier alpha value is -1.89. The summed E-state index contributed by atoms with van der Waals surface area (Å²) in [7, 11) is 1.97. The number of anilines is 2. The number of hydrogen-bond acceptors (Lipinski definition) is 6. The predicted molar refractivity (Wildman–Crippen MR) is 102 cm³/mol. The molecule has 1 atom stereocenters. The summed E-state index contributed by atoms with van der Waals surface area (Å²) in [6.07, 6.45) is 6.19. The fourth-order valence-corrected chi connectivity index (χ4v) is 4.60. The van der Waals surface area contributed by atoms with Crippen LogP contribution in [0.25, 0.3) is 0 Å². The molecule has 26 heavy (non-hydrogen) atoms. The number of likely N-dealkylation sites (N-methyl/N-ethyl adjacent to an activating group) is 1. The van der Waals surface area contributed by atoms with E-state index in [4.69, 9.17) is 0 Å². The van der Waals surface area contributed by atoms with Crippen LogP contribution in [0.15, 0.2) is 6.33 Å². The number of carbonyl (C=O) groups is 1. The molecule has 3 aliphatic heterocycles. The zero-order valence-electron chi connectivity index (χ0n) is 15.9. The lowest BCUT2D eigenvalue weighted by Crippen LogP contribution is -2.47. The minimum absolute atomic E-state index is 0.204. The van der Waals surface area contributed by atoms with Gasteiger partial charge in [-0.3, -0.25) is 4.79 Å². The highest BCUT2D eigenvalue weighted by atomic mass is 16.2. The Kier molecular flexibility index (Phi) is 4.98. The first-order valence-electron chi connectivity index (χ1n) is 9.93. The topological polar surface area (TPSA) is 64.6 Å². The first-order chi connectivity index (χ1) is 12.6. The van der Waals surface area contributed by atoms with Crippen LogP contribution in [0.2, 0.25) is 0 Å². The zero-order valence-corrected chi connectivity index (χ0v) is 15.9. The number of aromatic nitrogens is 2. The summed E-state index contributed by atoms with van der Waals surface area (Å²) in [5.41, 5.74) is 1.12. The molecular weight excluding hydrogens is 328 g/mol. The van der Waals surface area contributed by atoms with Gasteiger partial charge in [0.25, 0.3) is 0 Å². The lowest BCUT2D eigenvalue weighted by atomic mass is 9.99. The SMILES string of the molecule is CC1CCCN(c2ncnc3c2CN(C2CCNCC2)C(=O)CN3C)C1. The Bertz CT molecular complexity index is 659. The number of nitrogens with zero attached hydrogens (tertiary/aromatic N) is 5. The van der Waals surface area contributed by atoms with E-state index in [1.165, 1.54) is 12.8 Å². The van der Waals surface area contributed by atoms with Gasteiger partial charge in [-0.25, -0.2) is 9.97 Å². The molecule has 2 saturated heterocycles. The van der Waals surface area contributed by atoms with E-state index in [0.717, 1.165) is 56.2 Å². The monoisotopic (exact) mass is 358 g/mol. The summed E-state index contributed by atoms with van der Waals surface area (Å²) in [5, 5.41) is 3.40. The van der Waals surface area contributed by atoms with E-state index in [1.54, 1.807) is 6.33 Å². The van der Waals surface area contributed by atoms with Gasteiger partial charge >= 0.3 is 0 Å². The number of carbonyl (C=O) groups excluding carboxylic acids is 1. The number of piperidine rings is 2. The molecule has 1 aromatic rings. The van der Waals surface area contributed by atoms with E-state index < -0.39 is 0 Å². The van der Waals surface area contributed by atoms with Crippen LogP contribution in [0.5, 0.6) is 0 Å². The number of rotatable bonds is 2. The van der Waals surface area contributed by atoms with Crippen LogP contribution in [-0.4, -0.2) is 66.6 Å². The van der Waals surface area contributed by atoms with Crippen molar-refractivity contribution in [1.82, 2.24) is 20.2 Å². The summed E-state index contributed by atoms with van der Waals surface area (Å²) < 4.78 is 0. The van der Waals surface area contributed by atoms with E-state index in [-0.39, 0.29) is 5.91 Å². The van der Waals surface area contributed by atoms with Gasteiger partial charge in [-0.2, -0.15) is 0 Å². The van der Waals surface area contributed by atoms with Crippen LogP contribution in [0, 0.1) is 5.92 Å². The molecule has 4 rings (SSSR count). The first kappa shape index (κ1) is 17.5. The molecule has 2 fully saturated rings. The van der Waals surface area contributed by atoms with Crippen molar-refractivity contribution in [3.8, 4) is 0 Å². The standard InChI is InChI=1S/C19H30N6O/c1-14-4-3-9-24(10-14)19-16-11-25(15-5-7-20-8-6-15)17(26)12-23(2)18(16)21-13-22-19/h13-15,20H,3-12H2,1-2H3. The second-order valence-electron chi connectivity index (χ2n) is 8.05. The summed E-state index contributed by atoms with van der Waals surface area (Å²) in [6.45, 7) is 7.38.